The Morgan fingerprint density at radius 1 is 1.20 bits per heavy atom. The van der Waals surface area contributed by atoms with Crippen LogP contribution in [-0.2, 0) is 13.1 Å². The molecule has 0 spiro atoms. The summed E-state index contributed by atoms with van der Waals surface area (Å²) in [6, 6.07) is 11.7. The van der Waals surface area contributed by atoms with Gasteiger partial charge in [-0.05, 0) is 36.0 Å². The molecular weight excluding hydrogens is 246 g/mol. The van der Waals surface area contributed by atoms with Gasteiger partial charge in [0.2, 0.25) is 0 Å². The van der Waals surface area contributed by atoms with Gasteiger partial charge in [-0.25, -0.2) is 0 Å². The third-order valence-corrected chi connectivity index (χ3v) is 3.84. The summed E-state index contributed by atoms with van der Waals surface area (Å²) in [5, 5.41) is 8.11. The lowest BCUT2D eigenvalue weighted by Gasteiger charge is -2.07. The molecule has 1 fully saturated rings. The quantitative estimate of drug-likeness (QED) is 0.872. The fraction of sp³-hybridized carbons (Fsp3) is 0.471. The molecule has 0 radical (unpaired) electrons. The maximum absolute atomic E-state index is 4.62. The molecule has 1 heterocycles. The third-order valence-electron chi connectivity index (χ3n) is 3.84. The molecule has 3 rings (SSSR count). The first kappa shape index (κ1) is 13.4. The number of hydrogen-bond donors (Lipinski definition) is 1. The normalized spacial score (nSPS) is 14.9. The van der Waals surface area contributed by atoms with Gasteiger partial charge < -0.3 is 5.32 Å². The largest absolute Gasteiger partial charge is 0.308 e. The molecule has 0 atom stereocenters. The Bertz CT molecular complexity index is 550. The fourth-order valence-corrected chi connectivity index (χ4v) is 2.32. The maximum atomic E-state index is 4.62. The summed E-state index contributed by atoms with van der Waals surface area (Å²) in [4.78, 5) is 0. The van der Waals surface area contributed by atoms with E-state index in [0.717, 1.165) is 24.8 Å². The highest BCUT2D eigenvalue weighted by Crippen LogP contribution is 2.19. The van der Waals surface area contributed by atoms with Gasteiger partial charge in [-0.2, -0.15) is 5.10 Å². The molecule has 1 aromatic heterocycles. The van der Waals surface area contributed by atoms with Gasteiger partial charge in [-0.15, -0.1) is 0 Å². The van der Waals surface area contributed by atoms with Gasteiger partial charge in [0.1, 0.15) is 0 Å². The molecule has 3 heteroatoms. The minimum atomic E-state index is 0.592. The lowest BCUT2D eigenvalue weighted by molar-refractivity contribution is 0.631. The van der Waals surface area contributed by atoms with Crippen molar-refractivity contribution in [1.82, 2.24) is 15.1 Å². The second-order valence-corrected chi connectivity index (χ2v) is 6.06. The molecule has 2 aromatic rings. The predicted molar refractivity (Wildman–Crippen MR) is 81.7 cm³/mol. The second kappa shape index (κ2) is 5.80. The van der Waals surface area contributed by atoms with Crippen molar-refractivity contribution < 1.29 is 0 Å². The van der Waals surface area contributed by atoms with E-state index in [9.17, 15) is 0 Å². The Morgan fingerprint density at radius 2 is 1.95 bits per heavy atom. The summed E-state index contributed by atoms with van der Waals surface area (Å²) < 4.78 is 2.02. The van der Waals surface area contributed by atoms with E-state index in [-0.39, 0.29) is 0 Å². The van der Waals surface area contributed by atoms with E-state index in [1.807, 2.05) is 4.68 Å². The molecule has 1 aliphatic rings. The van der Waals surface area contributed by atoms with Crippen molar-refractivity contribution in [2.75, 3.05) is 0 Å². The molecule has 1 aliphatic carbocycles. The zero-order valence-corrected chi connectivity index (χ0v) is 12.3. The van der Waals surface area contributed by atoms with E-state index in [4.69, 9.17) is 0 Å². The monoisotopic (exact) mass is 269 g/mol. The molecule has 0 saturated heterocycles. The molecule has 1 aromatic carbocycles. The van der Waals surface area contributed by atoms with E-state index in [0.29, 0.717) is 5.92 Å². The van der Waals surface area contributed by atoms with Crippen LogP contribution in [0.2, 0.25) is 0 Å². The summed E-state index contributed by atoms with van der Waals surface area (Å²) in [7, 11) is 0. The van der Waals surface area contributed by atoms with Gasteiger partial charge in [0, 0.05) is 18.8 Å². The van der Waals surface area contributed by atoms with E-state index in [2.05, 4.69) is 60.8 Å². The lowest BCUT2D eigenvalue weighted by Crippen LogP contribution is -2.16. The van der Waals surface area contributed by atoms with Crippen LogP contribution in [0.3, 0.4) is 0 Å². The molecule has 1 N–H and O–H groups in total. The van der Waals surface area contributed by atoms with Gasteiger partial charge in [0.05, 0.1) is 12.2 Å². The maximum Gasteiger partial charge on any atom is 0.0762 e. The number of aromatic nitrogens is 2. The van der Waals surface area contributed by atoms with Gasteiger partial charge in [0.25, 0.3) is 0 Å². The lowest BCUT2D eigenvalue weighted by atomic mass is 10.0. The number of nitrogens with zero attached hydrogens (tertiary/aromatic N) is 2. The van der Waals surface area contributed by atoms with Gasteiger partial charge in [0.15, 0.2) is 0 Å². The Kier molecular flexibility index (Phi) is 3.88. The van der Waals surface area contributed by atoms with Crippen LogP contribution in [0, 0.1) is 0 Å². The topological polar surface area (TPSA) is 29.9 Å². The van der Waals surface area contributed by atoms with Crippen LogP contribution in [0.5, 0.6) is 0 Å². The standard InChI is InChI=1S/C17H23N3/c1-13(2)15-5-3-14(4-6-15)12-20-10-9-17(19-20)11-18-16-7-8-16/h3-6,9-10,13,16,18H,7-8,11-12H2,1-2H3. The van der Waals surface area contributed by atoms with Crippen molar-refractivity contribution in [3.63, 3.8) is 0 Å². The summed E-state index contributed by atoms with van der Waals surface area (Å²) in [5.41, 5.74) is 3.83. The zero-order valence-electron chi connectivity index (χ0n) is 12.3. The van der Waals surface area contributed by atoms with Gasteiger partial charge in [-0.1, -0.05) is 38.1 Å². The summed E-state index contributed by atoms with van der Waals surface area (Å²) >= 11 is 0. The van der Waals surface area contributed by atoms with Crippen molar-refractivity contribution in [2.24, 2.45) is 0 Å². The van der Waals surface area contributed by atoms with E-state index in [1.165, 1.54) is 24.0 Å². The molecule has 1 saturated carbocycles. The Morgan fingerprint density at radius 3 is 2.60 bits per heavy atom. The highest BCUT2D eigenvalue weighted by molar-refractivity contribution is 5.24. The molecule has 0 bridgehead atoms. The average molecular weight is 269 g/mol. The van der Waals surface area contributed by atoms with Crippen molar-refractivity contribution in [2.45, 2.75) is 51.7 Å². The molecule has 106 valence electrons. The minimum Gasteiger partial charge on any atom is -0.308 e. The van der Waals surface area contributed by atoms with Crippen LogP contribution < -0.4 is 5.32 Å². The highest BCUT2D eigenvalue weighted by atomic mass is 15.3. The van der Waals surface area contributed by atoms with Crippen molar-refractivity contribution in [3.05, 3.63) is 53.3 Å². The first-order valence-corrected chi connectivity index (χ1v) is 7.55. The predicted octanol–water partition coefficient (Wildman–Crippen LogP) is 3.31. The van der Waals surface area contributed by atoms with Crippen LogP contribution >= 0.6 is 0 Å². The van der Waals surface area contributed by atoms with Crippen LogP contribution in [0.25, 0.3) is 0 Å². The Balaban J connectivity index is 1.58. The first-order chi connectivity index (χ1) is 9.70. The third kappa shape index (κ3) is 3.48. The van der Waals surface area contributed by atoms with Crippen LogP contribution in [-0.4, -0.2) is 15.8 Å². The molecule has 3 nitrogen and oxygen atoms in total. The van der Waals surface area contributed by atoms with Crippen LogP contribution in [0.15, 0.2) is 36.5 Å². The van der Waals surface area contributed by atoms with Crippen molar-refractivity contribution in [1.29, 1.82) is 0 Å². The molecule has 0 aliphatic heterocycles. The number of nitrogens with one attached hydrogen (secondary N) is 1. The number of rotatable bonds is 6. The Labute approximate surface area is 121 Å². The zero-order chi connectivity index (χ0) is 13.9. The summed E-state index contributed by atoms with van der Waals surface area (Å²) in [6.07, 6.45) is 4.71. The van der Waals surface area contributed by atoms with E-state index >= 15 is 0 Å². The van der Waals surface area contributed by atoms with Crippen LogP contribution in [0.1, 0.15) is 49.4 Å². The smallest absolute Gasteiger partial charge is 0.0762 e. The van der Waals surface area contributed by atoms with Crippen molar-refractivity contribution in [3.8, 4) is 0 Å². The fourth-order valence-electron chi connectivity index (χ4n) is 2.32. The average Bonchev–Trinajstić information content (AvgIpc) is 3.17. The molecule has 20 heavy (non-hydrogen) atoms. The van der Waals surface area contributed by atoms with E-state index < -0.39 is 0 Å². The minimum absolute atomic E-state index is 0.592. The van der Waals surface area contributed by atoms with Crippen LogP contribution in [0.4, 0.5) is 0 Å². The van der Waals surface area contributed by atoms with Gasteiger partial charge in [-0.3, -0.25) is 4.68 Å². The second-order valence-electron chi connectivity index (χ2n) is 6.06. The molecule has 0 amide bonds. The van der Waals surface area contributed by atoms with E-state index in [1.54, 1.807) is 0 Å². The molecule has 0 unspecified atom stereocenters. The Hall–Kier alpha value is -1.61. The highest BCUT2D eigenvalue weighted by Gasteiger charge is 2.20. The SMILES string of the molecule is CC(C)c1ccc(Cn2ccc(CNC3CC3)n2)cc1. The van der Waals surface area contributed by atoms with Gasteiger partial charge >= 0.3 is 0 Å². The summed E-state index contributed by atoms with van der Waals surface area (Å²) in [5.74, 6) is 0.592. The molecular formula is C17H23N3. The summed E-state index contributed by atoms with van der Waals surface area (Å²) in [6.45, 7) is 6.19. The number of benzene rings is 1. The van der Waals surface area contributed by atoms with Crippen molar-refractivity contribution >= 4 is 0 Å². The number of hydrogen-bond acceptors (Lipinski definition) is 2. The first-order valence-electron chi connectivity index (χ1n) is 7.55.